The van der Waals surface area contributed by atoms with Crippen molar-refractivity contribution in [1.29, 1.82) is 0 Å². The minimum absolute atomic E-state index is 0.688. The molecule has 96 valence electrons. The van der Waals surface area contributed by atoms with Gasteiger partial charge in [0.15, 0.2) is 5.82 Å². The van der Waals surface area contributed by atoms with Gasteiger partial charge in [0.1, 0.15) is 5.75 Å². The number of hydrogen-bond donors (Lipinski definition) is 2. The molecule has 18 heavy (non-hydrogen) atoms. The summed E-state index contributed by atoms with van der Waals surface area (Å²) >= 11 is 0. The number of anilines is 3. The topological polar surface area (TPSA) is 65.1 Å². The maximum Gasteiger partial charge on any atom is 0.152 e. The molecule has 0 bridgehead atoms. The highest BCUT2D eigenvalue weighted by Crippen LogP contribution is 2.26. The Morgan fingerprint density at radius 2 is 2.00 bits per heavy atom. The first-order valence-electron chi connectivity index (χ1n) is 5.89. The normalized spacial score (nSPS) is 10.4. The van der Waals surface area contributed by atoms with Crippen molar-refractivity contribution >= 4 is 17.2 Å². The molecule has 0 amide bonds. The van der Waals surface area contributed by atoms with Gasteiger partial charge in [0.05, 0.1) is 18.5 Å². The zero-order valence-electron chi connectivity index (χ0n) is 10.9. The Morgan fingerprint density at radius 3 is 2.56 bits per heavy atom. The van der Waals surface area contributed by atoms with Gasteiger partial charge in [-0.25, -0.2) is 4.68 Å². The molecule has 2 aromatic rings. The van der Waals surface area contributed by atoms with Gasteiger partial charge >= 0.3 is 0 Å². The summed E-state index contributed by atoms with van der Waals surface area (Å²) in [5.41, 5.74) is 8.50. The maximum absolute atomic E-state index is 6.01. The van der Waals surface area contributed by atoms with Crippen LogP contribution in [0.25, 0.3) is 0 Å². The summed E-state index contributed by atoms with van der Waals surface area (Å²) in [6.45, 7) is 4.71. The summed E-state index contributed by atoms with van der Waals surface area (Å²) in [4.78, 5) is 0. The molecule has 0 atom stereocenters. The lowest BCUT2D eigenvalue weighted by Crippen LogP contribution is -2.04. The smallest absolute Gasteiger partial charge is 0.152 e. The average Bonchev–Trinajstić information content (AvgIpc) is 2.67. The summed E-state index contributed by atoms with van der Waals surface area (Å²) < 4.78 is 6.98. The van der Waals surface area contributed by atoms with E-state index in [0.29, 0.717) is 5.69 Å². The molecular weight excluding hydrogens is 228 g/mol. The molecule has 0 aliphatic carbocycles. The summed E-state index contributed by atoms with van der Waals surface area (Å²) in [7, 11) is 1.65. The number of aryl methyl sites for hydroxylation is 2. The first-order chi connectivity index (χ1) is 8.65. The highest BCUT2D eigenvalue weighted by Gasteiger charge is 2.11. The minimum atomic E-state index is 0.688. The lowest BCUT2D eigenvalue weighted by atomic mass is 10.3. The second kappa shape index (κ2) is 5.00. The Balaban J connectivity index is 2.27. The number of rotatable bonds is 4. The van der Waals surface area contributed by atoms with E-state index in [1.54, 1.807) is 7.11 Å². The highest BCUT2D eigenvalue weighted by molar-refractivity contribution is 5.71. The van der Waals surface area contributed by atoms with E-state index in [1.807, 2.05) is 42.8 Å². The summed E-state index contributed by atoms with van der Waals surface area (Å²) in [5.74, 6) is 1.66. The molecule has 0 aliphatic heterocycles. The summed E-state index contributed by atoms with van der Waals surface area (Å²) in [5, 5.41) is 7.65. The molecule has 5 heteroatoms. The van der Waals surface area contributed by atoms with Crippen LogP contribution in [0.2, 0.25) is 0 Å². The fourth-order valence-corrected chi connectivity index (χ4v) is 1.77. The Kier molecular flexibility index (Phi) is 3.41. The number of ether oxygens (including phenoxy) is 1. The van der Waals surface area contributed by atoms with E-state index in [2.05, 4.69) is 10.4 Å². The van der Waals surface area contributed by atoms with Crippen LogP contribution in [0.1, 0.15) is 12.6 Å². The average molecular weight is 246 g/mol. The molecule has 5 nitrogen and oxygen atoms in total. The first-order valence-corrected chi connectivity index (χ1v) is 5.89. The van der Waals surface area contributed by atoms with E-state index in [0.717, 1.165) is 29.5 Å². The van der Waals surface area contributed by atoms with Gasteiger partial charge in [-0.05, 0) is 38.1 Å². The number of nitrogens with one attached hydrogen (secondary N) is 1. The number of nitrogens with zero attached hydrogens (tertiary/aromatic N) is 2. The van der Waals surface area contributed by atoms with E-state index in [1.165, 1.54) is 0 Å². The van der Waals surface area contributed by atoms with Crippen LogP contribution in [0.4, 0.5) is 17.2 Å². The van der Waals surface area contributed by atoms with Crippen molar-refractivity contribution in [3.63, 3.8) is 0 Å². The van der Waals surface area contributed by atoms with Gasteiger partial charge in [0.25, 0.3) is 0 Å². The molecule has 0 unspecified atom stereocenters. The van der Waals surface area contributed by atoms with E-state index in [4.69, 9.17) is 10.5 Å². The van der Waals surface area contributed by atoms with Crippen LogP contribution < -0.4 is 15.8 Å². The van der Waals surface area contributed by atoms with Crippen molar-refractivity contribution in [3.8, 4) is 5.75 Å². The van der Waals surface area contributed by atoms with Gasteiger partial charge in [-0.15, -0.1) is 0 Å². The Morgan fingerprint density at radius 1 is 1.33 bits per heavy atom. The number of nitrogens with two attached hydrogens (primary N) is 1. The fourth-order valence-electron chi connectivity index (χ4n) is 1.77. The Bertz CT molecular complexity index is 531. The standard InChI is InChI=1S/C13H18N4O/c1-4-17-13(12(14)9(2)16-17)15-10-5-7-11(18-3)8-6-10/h5-8,15H,4,14H2,1-3H3. The second-order valence-electron chi connectivity index (χ2n) is 4.02. The molecule has 0 saturated carbocycles. The molecule has 0 radical (unpaired) electrons. The van der Waals surface area contributed by atoms with Gasteiger partial charge in [-0.2, -0.15) is 5.10 Å². The summed E-state index contributed by atoms with van der Waals surface area (Å²) in [6.07, 6.45) is 0. The number of benzene rings is 1. The van der Waals surface area contributed by atoms with Crippen LogP contribution in [0, 0.1) is 6.92 Å². The molecule has 1 aromatic carbocycles. The lowest BCUT2D eigenvalue weighted by molar-refractivity contribution is 0.415. The predicted octanol–water partition coefficient (Wildman–Crippen LogP) is 2.55. The summed E-state index contributed by atoms with van der Waals surface area (Å²) in [6, 6.07) is 7.69. The van der Waals surface area contributed by atoms with Crippen molar-refractivity contribution in [2.75, 3.05) is 18.2 Å². The van der Waals surface area contributed by atoms with Gasteiger partial charge in [0, 0.05) is 12.2 Å². The van der Waals surface area contributed by atoms with E-state index in [-0.39, 0.29) is 0 Å². The van der Waals surface area contributed by atoms with Crippen molar-refractivity contribution in [2.45, 2.75) is 20.4 Å². The van der Waals surface area contributed by atoms with Gasteiger partial charge in [-0.3, -0.25) is 0 Å². The quantitative estimate of drug-likeness (QED) is 0.870. The number of aromatic nitrogens is 2. The SMILES string of the molecule is CCn1nc(C)c(N)c1Nc1ccc(OC)cc1. The van der Waals surface area contributed by atoms with Crippen molar-refractivity contribution in [1.82, 2.24) is 9.78 Å². The molecule has 0 fully saturated rings. The van der Waals surface area contributed by atoms with Crippen LogP contribution in [0.5, 0.6) is 5.75 Å². The maximum atomic E-state index is 6.01. The number of methoxy groups -OCH3 is 1. The monoisotopic (exact) mass is 246 g/mol. The molecule has 2 rings (SSSR count). The van der Waals surface area contributed by atoms with Crippen LogP contribution >= 0.6 is 0 Å². The largest absolute Gasteiger partial charge is 0.497 e. The lowest BCUT2D eigenvalue weighted by Gasteiger charge is -2.09. The van der Waals surface area contributed by atoms with Crippen molar-refractivity contribution in [3.05, 3.63) is 30.0 Å². The molecule has 3 N–H and O–H groups in total. The van der Waals surface area contributed by atoms with Crippen LogP contribution in [-0.4, -0.2) is 16.9 Å². The highest BCUT2D eigenvalue weighted by atomic mass is 16.5. The first kappa shape index (κ1) is 12.3. The number of hydrogen-bond acceptors (Lipinski definition) is 4. The Hall–Kier alpha value is -2.17. The predicted molar refractivity (Wildman–Crippen MR) is 73.3 cm³/mol. The fraction of sp³-hybridized carbons (Fsp3) is 0.308. The zero-order chi connectivity index (χ0) is 13.1. The molecule has 1 aromatic heterocycles. The number of nitrogen functional groups attached to an aromatic ring is 1. The van der Waals surface area contributed by atoms with Crippen LogP contribution in [0.15, 0.2) is 24.3 Å². The van der Waals surface area contributed by atoms with Gasteiger partial charge in [-0.1, -0.05) is 0 Å². The third-order valence-electron chi connectivity index (χ3n) is 2.83. The molecule has 0 aliphatic rings. The minimum Gasteiger partial charge on any atom is -0.497 e. The molecule has 1 heterocycles. The van der Waals surface area contributed by atoms with Gasteiger partial charge < -0.3 is 15.8 Å². The Labute approximate surface area is 107 Å². The molecular formula is C13H18N4O. The third kappa shape index (κ3) is 2.25. The van der Waals surface area contributed by atoms with Crippen LogP contribution in [-0.2, 0) is 6.54 Å². The van der Waals surface area contributed by atoms with Gasteiger partial charge in [0.2, 0.25) is 0 Å². The van der Waals surface area contributed by atoms with E-state index in [9.17, 15) is 0 Å². The second-order valence-corrected chi connectivity index (χ2v) is 4.02. The van der Waals surface area contributed by atoms with Crippen molar-refractivity contribution < 1.29 is 4.74 Å². The van der Waals surface area contributed by atoms with E-state index >= 15 is 0 Å². The molecule has 0 saturated heterocycles. The molecule has 0 spiro atoms. The van der Waals surface area contributed by atoms with Crippen LogP contribution in [0.3, 0.4) is 0 Å². The zero-order valence-corrected chi connectivity index (χ0v) is 10.9. The van der Waals surface area contributed by atoms with Crippen molar-refractivity contribution in [2.24, 2.45) is 0 Å². The third-order valence-corrected chi connectivity index (χ3v) is 2.83. The van der Waals surface area contributed by atoms with E-state index < -0.39 is 0 Å².